The van der Waals surface area contributed by atoms with Gasteiger partial charge in [-0.3, -0.25) is 4.79 Å². The van der Waals surface area contributed by atoms with Gasteiger partial charge in [0.25, 0.3) is 5.91 Å². The molecule has 33 heavy (non-hydrogen) atoms. The van der Waals surface area contributed by atoms with Gasteiger partial charge in [-0.05, 0) is 48.5 Å². The molecule has 0 aliphatic rings. The molecule has 8 nitrogen and oxygen atoms in total. The molecule has 0 fully saturated rings. The third-order valence-corrected chi connectivity index (χ3v) is 4.33. The Morgan fingerprint density at radius 1 is 1.09 bits per heavy atom. The Labute approximate surface area is 186 Å². The highest BCUT2D eigenvalue weighted by molar-refractivity contribution is 5.96. The number of benzene rings is 2. The van der Waals surface area contributed by atoms with Gasteiger partial charge in [0.2, 0.25) is 0 Å². The van der Waals surface area contributed by atoms with Crippen molar-refractivity contribution < 1.29 is 37.0 Å². The minimum atomic E-state index is -4.61. The van der Waals surface area contributed by atoms with Crippen LogP contribution in [0.1, 0.15) is 15.9 Å². The lowest BCUT2D eigenvalue weighted by molar-refractivity contribution is -0.137. The van der Waals surface area contributed by atoms with E-state index in [2.05, 4.69) is 10.4 Å². The van der Waals surface area contributed by atoms with E-state index in [1.165, 1.54) is 19.2 Å². The van der Waals surface area contributed by atoms with Crippen LogP contribution in [0.3, 0.4) is 0 Å². The number of hydrogen-bond acceptors (Lipinski definition) is 6. The Kier molecular flexibility index (Phi) is 7.67. The number of methoxy groups -OCH3 is 1. The van der Waals surface area contributed by atoms with Crippen LogP contribution in [0.5, 0.6) is 5.75 Å². The Balaban J connectivity index is 1.62. The van der Waals surface area contributed by atoms with Gasteiger partial charge in [0, 0.05) is 19.5 Å². The van der Waals surface area contributed by atoms with Crippen LogP contribution in [0.4, 0.5) is 18.9 Å². The molecule has 0 saturated carbocycles. The van der Waals surface area contributed by atoms with Gasteiger partial charge in [0.15, 0.2) is 6.61 Å². The van der Waals surface area contributed by atoms with Crippen LogP contribution in [0.25, 0.3) is 5.69 Å². The maximum absolute atomic E-state index is 13.1. The highest BCUT2D eigenvalue weighted by Crippen LogP contribution is 2.35. The van der Waals surface area contributed by atoms with E-state index in [4.69, 9.17) is 14.2 Å². The number of rotatable bonds is 9. The monoisotopic (exact) mass is 463 g/mol. The van der Waals surface area contributed by atoms with Crippen LogP contribution in [0, 0.1) is 0 Å². The molecule has 0 unspecified atom stereocenters. The quantitative estimate of drug-likeness (QED) is 0.384. The first-order chi connectivity index (χ1) is 15.8. The van der Waals surface area contributed by atoms with Crippen LogP contribution in [-0.2, 0) is 20.4 Å². The minimum absolute atomic E-state index is 0.0222. The Morgan fingerprint density at radius 2 is 1.85 bits per heavy atom. The third-order valence-electron chi connectivity index (χ3n) is 4.33. The number of hydrogen-bond donors (Lipinski definition) is 1. The zero-order valence-electron chi connectivity index (χ0n) is 17.5. The molecular formula is C22H20F3N3O5. The van der Waals surface area contributed by atoms with Gasteiger partial charge in [-0.1, -0.05) is 0 Å². The number of anilines is 1. The Bertz CT molecular complexity index is 1080. The van der Waals surface area contributed by atoms with Crippen molar-refractivity contribution in [3.05, 3.63) is 72.1 Å². The van der Waals surface area contributed by atoms with Crippen molar-refractivity contribution in [1.29, 1.82) is 0 Å². The SMILES string of the molecule is COCCOc1ccc(C(F)(F)F)cc1NC(=O)COC(=O)c1ccc(-n2cccn2)cc1. The summed E-state index contributed by atoms with van der Waals surface area (Å²) in [5.41, 5.74) is -0.252. The van der Waals surface area contributed by atoms with Crippen LogP contribution in [-0.4, -0.2) is 48.6 Å². The normalized spacial score (nSPS) is 11.2. The number of carbonyl (C=O) groups is 2. The summed E-state index contributed by atoms with van der Waals surface area (Å²) in [6.07, 6.45) is -1.27. The summed E-state index contributed by atoms with van der Waals surface area (Å²) in [7, 11) is 1.44. The van der Waals surface area contributed by atoms with Crippen LogP contribution >= 0.6 is 0 Å². The second kappa shape index (κ2) is 10.6. The maximum Gasteiger partial charge on any atom is 0.416 e. The highest BCUT2D eigenvalue weighted by Gasteiger charge is 2.31. The van der Waals surface area contributed by atoms with E-state index in [0.29, 0.717) is 0 Å². The van der Waals surface area contributed by atoms with Gasteiger partial charge in [0.05, 0.1) is 29.1 Å². The number of halogens is 3. The number of carbonyl (C=O) groups excluding carboxylic acids is 2. The van der Waals surface area contributed by atoms with Gasteiger partial charge in [-0.25, -0.2) is 9.48 Å². The molecular weight excluding hydrogens is 443 g/mol. The number of alkyl halides is 3. The lowest BCUT2D eigenvalue weighted by Gasteiger charge is -2.15. The van der Waals surface area contributed by atoms with Crippen LogP contribution in [0.15, 0.2) is 60.9 Å². The van der Waals surface area contributed by atoms with Crippen molar-refractivity contribution in [3.8, 4) is 11.4 Å². The van der Waals surface area contributed by atoms with E-state index < -0.39 is 30.2 Å². The van der Waals surface area contributed by atoms with Gasteiger partial charge < -0.3 is 19.5 Å². The number of nitrogens with zero attached hydrogens (tertiary/aromatic N) is 2. The molecule has 0 radical (unpaired) electrons. The molecule has 0 saturated heterocycles. The first-order valence-corrected chi connectivity index (χ1v) is 9.68. The standard InChI is InChI=1S/C22H20F3N3O5/c1-31-11-12-32-19-8-5-16(22(23,24)25)13-18(19)27-20(29)14-33-21(30)15-3-6-17(7-4-15)28-10-2-9-26-28/h2-10,13H,11-12,14H2,1H3,(H,27,29). The van der Waals surface area contributed by atoms with Crippen LogP contribution in [0.2, 0.25) is 0 Å². The average molecular weight is 463 g/mol. The first-order valence-electron chi connectivity index (χ1n) is 9.68. The molecule has 1 heterocycles. The summed E-state index contributed by atoms with van der Waals surface area (Å²) in [4.78, 5) is 24.5. The molecule has 0 atom stereocenters. The lowest BCUT2D eigenvalue weighted by Crippen LogP contribution is -2.22. The lowest BCUT2D eigenvalue weighted by atomic mass is 10.1. The van der Waals surface area contributed by atoms with Gasteiger partial charge in [-0.15, -0.1) is 0 Å². The van der Waals surface area contributed by atoms with E-state index in [9.17, 15) is 22.8 Å². The molecule has 11 heteroatoms. The van der Waals surface area contributed by atoms with E-state index >= 15 is 0 Å². The van der Waals surface area contributed by atoms with E-state index in [1.54, 1.807) is 35.3 Å². The smallest absolute Gasteiger partial charge is 0.416 e. The van der Waals surface area contributed by atoms with E-state index in [0.717, 1.165) is 23.9 Å². The van der Waals surface area contributed by atoms with Gasteiger partial charge in [0.1, 0.15) is 12.4 Å². The summed E-state index contributed by atoms with van der Waals surface area (Å²) in [5.74, 6) is -1.57. The molecule has 0 spiro atoms. The molecule has 0 aliphatic heterocycles. The molecule has 0 bridgehead atoms. The highest BCUT2D eigenvalue weighted by atomic mass is 19.4. The third kappa shape index (κ3) is 6.56. The van der Waals surface area contributed by atoms with E-state index in [-0.39, 0.29) is 30.2 Å². The molecule has 0 aliphatic carbocycles. The fraction of sp³-hybridized carbons (Fsp3) is 0.227. The number of ether oxygens (including phenoxy) is 3. The van der Waals surface area contributed by atoms with Crippen molar-refractivity contribution in [2.45, 2.75) is 6.18 Å². The second-order valence-corrected chi connectivity index (χ2v) is 6.67. The molecule has 174 valence electrons. The van der Waals surface area contributed by atoms with Crippen molar-refractivity contribution in [2.24, 2.45) is 0 Å². The molecule has 2 aromatic carbocycles. The Morgan fingerprint density at radius 3 is 2.48 bits per heavy atom. The summed E-state index contributed by atoms with van der Waals surface area (Å²) in [5, 5.41) is 6.36. The second-order valence-electron chi connectivity index (χ2n) is 6.67. The first kappa shape index (κ1) is 23.8. The summed E-state index contributed by atoms with van der Waals surface area (Å²) < 4.78 is 55.9. The zero-order chi connectivity index (χ0) is 23.8. The number of nitrogens with one attached hydrogen (secondary N) is 1. The maximum atomic E-state index is 13.1. The molecule has 1 N–H and O–H groups in total. The number of esters is 1. The number of amides is 1. The summed E-state index contributed by atoms with van der Waals surface area (Å²) in [6, 6.07) is 10.7. The topological polar surface area (TPSA) is 91.7 Å². The minimum Gasteiger partial charge on any atom is -0.489 e. The fourth-order valence-corrected chi connectivity index (χ4v) is 2.74. The largest absolute Gasteiger partial charge is 0.489 e. The fourth-order valence-electron chi connectivity index (χ4n) is 2.74. The molecule has 1 amide bonds. The molecule has 3 aromatic rings. The number of aromatic nitrogens is 2. The van der Waals surface area contributed by atoms with Crippen molar-refractivity contribution in [1.82, 2.24) is 9.78 Å². The van der Waals surface area contributed by atoms with E-state index in [1.807, 2.05) is 0 Å². The Hall–Kier alpha value is -3.86. The predicted molar refractivity (Wildman–Crippen MR) is 111 cm³/mol. The summed E-state index contributed by atoms with van der Waals surface area (Å²) in [6.45, 7) is -0.438. The van der Waals surface area contributed by atoms with Crippen molar-refractivity contribution in [3.63, 3.8) is 0 Å². The average Bonchev–Trinajstić information content (AvgIpc) is 3.33. The summed E-state index contributed by atoms with van der Waals surface area (Å²) >= 11 is 0. The zero-order valence-corrected chi connectivity index (χ0v) is 17.5. The van der Waals surface area contributed by atoms with Gasteiger partial charge in [-0.2, -0.15) is 18.3 Å². The van der Waals surface area contributed by atoms with Gasteiger partial charge >= 0.3 is 12.1 Å². The predicted octanol–water partition coefficient (Wildman–Crippen LogP) is 3.71. The van der Waals surface area contributed by atoms with Crippen LogP contribution < -0.4 is 10.1 Å². The van der Waals surface area contributed by atoms with Crippen molar-refractivity contribution in [2.75, 3.05) is 32.2 Å². The molecule has 3 rings (SSSR count). The van der Waals surface area contributed by atoms with Crippen molar-refractivity contribution >= 4 is 17.6 Å². The molecule has 1 aromatic heterocycles.